The summed E-state index contributed by atoms with van der Waals surface area (Å²) >= 11 is 1.43. The lowest BCUT2D eigenvalue weighted by molar-refractivity contribution is -0.145. The molecule has 88 heavy (non-hydrogen) atoms. The zero-order valence-corrected chi connectivity index (χ0v) is 51.1. The number of carbonyl (C=O) groups excluding carboxylic acids is 6. The number of esters is 6. The third kappa shape index (κ3) is 20.0. The van der Waals surface area contributed by atoms with Gasteiger partial charge in [0.05, 0.1) is 56.3 Å². The van der Waals surface area contributed by atoms with Crippen LogP contribution in [0.4, 0.5) is 5.13 Å². The van der Waals surface area contributed by atoms with Crippen LogP contribution in [-0.2, 0) is 38.2 Å². The molecule has 2 aromatic heterocycles. The number of hydrogen-bond donors (Lipinski definition) is 0. The minimum Gasteiger partial charge on any atom is -0.494 e. The topological polar surface area (TPSA) is 218 Å². The van der Waals surface area contributed by atoms with Gasteiger partial charge in [0.25, 0.3) is 0 Å². The first-order valence-electron chi connectivity index (χ1n) is 31.0. The molecule has 8 rings (SSSR count). The Morgan fingerprint density at radius 3 is 1.51 bits per heavy atom. The molecule has 0 atom stereocenters. The third-order valence-corrected chi connectivity index (χ3v) is 16.6. The fraction of sp³-hybridized carbons (Fsp3) is 0.435. The van der Waals surface area contributed by atoms with E-state index in [-0.39, 0.29) is 23.4 Å². The highest BCUT2D eigenvalue weighted by molar-refractivity contribution is 7.21. The minimum atomic E-state index is -0.504. The second-order valence-electron chi connectivity index (χ2n) is 22.1. The third-order valence-electron chi connectivity index (χ3n) is 15.6. The number of thiazole rings is 1. The van der Waals surface area contributed by atoms with Crippen molar-refractivity contribution in [1.29, 1.82) is 0 Å². The van der Waals surface area contributed by atoms with E-state index in [9.17, 15) is 28.8 Å². The number of anilines is 1. The molecule has 0 radical (unpaired) electrons. The standard InChI is InChI=1S/C69H80N4O14S/c1-4-7-8-15-41-73(69-72-59-23-20-40-70-64(59)88-69)71-47-52-46-60(86-67(78)50-28-24-48(25-29-50)65(76)84-55-36-32-53(33-37-55)80-42-16-9-11-18-44-82-61(74)5-2)57-21-13-14-22-58(57)63(52)87-68(79)51-30-26-49(27-31-51)66(77)85-56-38-34-54(35-39-56)81-43-17-10-12-19-45-83-62(75)6-3/h5-6,13-14,20-23,32-40,46-51H,2-4,7-12,15-19,24-31,41-45H2,1H3. The molecule has 18 nitrogen and oxygen atoms in total. The summed E-state index contributed by atoms with van der Waals surface area (Å²) < 4.78 is 46.1. The molecule has 0 aliphatic heterocycles. The fourth-order valence-corrected chi connectivity index (χ4v) is 11.5. The van der Waals surface area contributed by atoms with Crippen molar-refractivity contribution in [2.45, 2.75) is 135 Å². The van der Waals surface area contributed by atoms with E-state index < -0.39 is 47.5 Å². The molecule has 0 amide bonds. The van der Waals surface area contributed by atoms with Gasteiger partial charge in [-0.2, -0.15) is 5.10 Å². The van der Waals surface area contributed by atoms with E-state index in [1.165, 1.54) is 11.3 Å². The van der Waals surface area contributed by atoms with Crippen molar-refractivity contribution in [3.05, 3.63) is 128 Å². The summed E-state index contributed by atoms with van der Waals surface area (Å²) in [6.07, 6.45) is 19.9. The van der Waals surface area contributed by atoms with Crippen molar-refractivity contribution in [1.82, 2.24) is 9.97 Å². The smallest absolute Gasteiger partial charge is 0.330 e. The van der Waals surface area contributed by atoms with Gasteiger partial charge in [0.2, 0.25) is 5.13 Å². The number of fused-ring (bicyclic) bond motifs is 2. The molecule has 4 aromatic carbocycles. The Kier molecular flexibility index (Phi) is 25.9. The van der Waals surface area contributed by atoms with E-state index in [1.807, 2.05) is 41.4 Å². The number of hydrogen-bond acceptors (Lipinski definition) is 19. The fourth-order valence-electron chi connectivity index (χ4n) is 10.6. The highest BCUT2D eigenvalue weighted by atomic mass is 32.1. The maximum Gasteiger partial charge on any atom is 0.330 e. The van der Waals surface area contributed by atoms with Crippen LogP contribution >= 0.6 is 11.3 Å². The second kappa shape index (κ2) is 34.8. The van der Waals surface area contributed by atoms with Gasteiger partial charge < -0.3 is 37.9 Å². The molecule has 0 N–H and O–H groups in total. The van der Waals surface area contributed by atoms with Crippen LogP contribution in [0.2, 0.25) is 0 Å². The van der Waals surface area contributed by atoms with E-state index in [2.05, 4.69) is 25.1 Å². The van der Waals surface area contributed by atoms with Gasteiger partial charge in [-0.1, -0.05) is 74.9 Å². The summed E-state index contributed by atoms with van der Waals surface area (Å²) in [7, 11) is 0. The zero-order valence-electron chi connectivity index (χ0n) is 50.3. The van der Waals surface area contributed by atoms with Crippen LogP contribution < -0.4 is 33.4 Å². The number of rotatable bonds is 34. The summed E-state index contributed by atoms with van der Waals surface area (Å²) in [5, 5.41) is 8.60. The number of pyridine rings is 1. The Balaban J connectivity index is 0.889. The van der Waals surface area contributed by atoms with Crippen LogP contribution in [0.25, 0.3) is 21.1 Å². The van der Waals surface area contributed by atoms with Gasteiger partial charge in [-0.15, -0.1) is 0 Å². The van der Waals surface area contributed by atoms with E-state index >= 15 is 0 Å². The highest BCUT2D eigenvalue weighted by Gasteiger charge is 2.35. The Morgan fingerprint density at radius 2 is 1.01 bits per heavy atom. The average molecular weight is 1220 g/mol. The van der Waals surface area contributed by atoms with Crippen LogP contribution in [0.5, 0.6) is 34.5 Å². The molecule has 2 saturated carbocycles. The number of carbonyl (C=O) groups is 6. The van der Waals surface area contributed by atoms with Crippen molar-refractivity contribution >= 4 is 79.6 Å². The van der Waals surface area contributed by atoms with E-state index in [1.54, 1.807) is 67.0 Å². The Bertz CT molecular complexity index is 3280. The Hall–Kier alpha value is -8.45. The summed E-state index contributed by atoms with van der Waals surface area (Å²) in [5.41, 5.74) is 1.16. The molecule has 2 aliphatic carbocycles. The van der Waals surface area contributed by atoms with E-state index in [0.717, 1.165) is 99.5 Å². The van der Waals surface area contributed by atoms with Gasteiger partial charge >= 0.3 is 35.8 Å². The maximum absolute atomic E-state index is 14.4. The predicted molar refractivity (Wildman–Crippen MR) is 337 cm³/mol. The van der Waals surface area contributed by atoms with Crippen LogP contribution in [0.1, 0.15) is 141 Å². The van der Waals surface area contributed by atoms with Crippen molar-refractivity contribution in [3.63, 3.8) is 0 Å². The number of ether oxygens (including phenoxy) is 8. The molecule has 2 heterocycles. The molecular formula is C69H80N4O14S. The summed E-state index contributed by atoms with van der Waals surface area (Å²) in [6.45, 7) is 11.3. The normalized spacial score (nSPS) is 16.5. The van der Waals surface area contributed by atoms with Crippen molar-refractivity contribution in [2.24, 2.45) is 28.8 Å². The van der Waals surface area contributed by atoms with Crippen molar-refractivity contribution in [2.75, 3.05) is 38.0 Å². The lowest BCUT2D eigenvalue weighted by atomic mass is 9.82. The van der Waals surface area contributed by atoms with Crippen LogP contribution in [0.3, 0.4) is 0 Å². The van der Waals surface area contributed by atoms with Crippen molar-refractivity contribution in [3.8, 4) is 34.5 Å². The largest absolute Gasteiger partial charge is 0.494 e. The molecule has 19 heteroatoms. The molecule has 0 saturated heterocycles. The molecule has 2 fully saturated rings. The summed E-state index contributed by atoms with van der Waals surface area (Å²) in [5.74, 6) is -1.55. The Labute approximate surface area is 518 Å². The van der Waals surface area contributed by atoms with E-state index in [4.69, 9.17) is 48.0 Å². The van der Waals surface area contributed by atoms with Gasteiger partial charge in [0, 0.05) is 41.2 Å². The van der Waals surface area contributed by atoms with Crippen LogP contribution in [0, 0.1) is 23.7 Å². The number of nitrogens with zero attached hydrogens (tertiary/aromatic N) is 4. The monoisotopic (exact) mass is 1220 g/mol. The number of aromatic nitrogens is 2. The lowest BCUT2D eigenvalue weighted by Crippen LogP contribution is -2.31. The van der Waals surface area contributed by atoms with Crippen molar-refractivity contribution < 1.29 is 66.7 Å². The van der Waals surface area contributed by atoms with E-state index in [0.29, 0.717) is 129 Å². The summed E-state index contributed by atoms with van der Waals surface area (Å²) in [6, 6.07) is 26.7. The first kappa shape index (κ1) is 65.5. The minimum absolute atomic E-state index is 0.258. The number of hydrazone groups is 1. The molecule has 2 aliphatic rings. The molecule has 0 bridgehead atoms. The maximum atomic E-state index is 14.4. The second-order valence-corrected chi connectivity index (χ2v) is 23.0. The number of unbranched alkanes of at least 4 members (excludes halogenated alkanes) is 9. The van der Waals surface area contributed by atoms with Crippen LogP contribution in [-0.4, -0.2) is 85.0 Å². The molecule has 0 unspecified atom stereocenters. The zero-order chi connectivity index (χ0) is 61.9. The molecule has 466 valence electrons. The van der Waals surface area contributed by atoms with Gasteiger partial charge in [-0.05, 0) is 176 Å². The molecular weight excluding hydrogens is 1140 g/mol. The molecule has 6 aromatic rings. The van der Waals surface area contributed by atoms with Gasteiger partial charge in [0.15, 0.2) is 0 Å². The van der Waals surface area contributed by atoms with Crippen LogP contribution in [0.15, 0.2) is 128 Å². The van der Waals surface area contributed by atoms with Gasteiger partial charge in [-0.3, -0.25) is 19.2 Å². The number of benzene rings is 4. The lowest BCUT2D eigenvalue weighted by Gasteiger charge is -2.27. The van der Waals surface area contributed by atoms with Gasteiger partial charge in [0.1, 0.15) is 44.8 Å². The average Bonchev–Trinajstić information content (AvgIpc) is 3.05. The Morgan fingerprint density at radius 1 is 0.545 bits per heavy atom. The highest BCUT2D eigenvalue weighted by Crippen LogP contribution is 2.40. The molecule has 0 spiro atoms. The first-order valence-corrected chi connectivity index (χ1v) is 31.8. The predicted octanol–water partition coefficient (Wildman–Crippen LogP) is 14.2. The van der Waals surface area contributed by atoms with Gasteiger partial charge in [-0.25, -0.2) is 24.6 Å². The quantitative estimate of drug-likeness (QED) is 0.00916. The first-order chi connectivity index (χ1) is 43.0. The summed E-state index contributed by atoms with van der Waals surface area (Å²) in [4.78, 5) is 88.0. The SMILES string of the molecule is C=CC(=O)OCCCCCCOc1ccc(OC(=O)C2CCC(C(=O)Oc3cc(C=NN(CCCCCC)c4nc5cccnc5s4)c(OC(=O)C4CCC(C(=O)Oc5ccc(OCCCCCCOC(=O)C=C)cc5)CC4)c4ccccc34)CC2)cc1.